The fraction of sp³-hybridized carbons (Fsp3) is 0.750. The van der Waals surface area contributed by atoms with Gasteiger partial charge in [-0.25, -0.2) is 38.9 Å². The number of imidazole rings is 1. The van der Waals surface area contributed by atoms with Crippen LogP contribution in [0.3, 0.4) is 0 Å². The van der Waals surface area contributed by atoms with Gasteiger partial charge >= 0.3 is 30.2 Å². The highest BCUT2D eigenvalue weighted by Gasteiger charge is 2.56. The Kier molecular flexibility index (Phi) is 14.9. The zero-order valence-electron chi connectivity index (χ0n) is 37.7. The Morgan fingerprint density at radius 3 is 1.80 bits per heavy atom. The van der Waals surface area contributed by atoms with Gasteiger partial charge in [0.2, 0.25) is 0 Å². The molecule has 2 aliphatic heterocycles. The molecule has 2 saturated heterocycles. The molecule has 2 aromatic rings. The smallest absolute Gasteiger partial charge is 0.413 e. The minimum Gasteiger partial charge on any atom is -0.480 e. The number of nitrogens with zero attached hydrogens (tertiary/aromatic N) is 5. The number of hydrogen-bond acceptors (Lipinski definition) is 16. The van der Waals surface area contributed by atoms with Crippen LogP contribution in [-0.2, 0) is 42.7 Å². The third kappa shape index (κ3) is 14.9. The topological polar surface area (TPSA) is 253 Å². The Labute approximate surface area is 356 Å². The summed E-state index contributed by atoms with van der Waals surface area (Å²) in [5.41, 5.74) is -2.78. The molecule has 2 fully saturated rings. The number of hydrogen-bond donors (Lipinski definition) is 4. The number of anilines is 1. The summed E-state index contributed by atoms with van der Waals surface area (Å²) in [7, 11) is 0. The zero-order chi connectivity index (χ0) is 45.9. The molecule has 3 amide bonds. The molecule has 0 saturated carbocycles. The van der Waals surface area contributed by atoms with Gasteiger partial charge in [-0.3, -0.25) is 9.88 Å². The summed E-state index contributed by atoms with van der Waals surface area (Å²) < 4.78 is 42.9. The van der Waals surface area contributed by atoms with E-state index in [1.807, 2.05) is 4.90 Å². The van der Waals surface area contributed by atoms with Gasteiger partial charge in [-0.15, -0.1) is 0 Å². The van der Waals surface area contributed by atoms with Gasteiger partial charge in [0.15, 0.2) is 29.0 Å². The van der Waals surface area contributed by atoms with Crippen LogP contribution in [0.1, 0.15) is 116 Å². The van der Waals surface area contributed by atoms with Crippen molar-refractivity contribution in [2.24, 2.45) is 0 Å². The van der Waals surface area contributed by atoms with E-state index in [1.165, 1.54) is 12.7 Å². The summed E-state index contributed by atoms with van der Waals surface area (Å²) in [4.78, 5) is 79.1. The van der Waals surface area contributed by atoms with Gasteiger partial charge in [0, 0.05) is 19.6 Å². The quantitative estimate of drug-likeness (QED) is 0.146. The fourth-order valence-electron chi connectivity index (χ4n) is 6.51. The van der Waals surface area contributed by atoms with Crippen molar-refractivity contribution in [3.63, 3.8) is 0 Å². The van der Waals surface area contributed by atoms with E-state index >= 15 is 0 Å². The molecule has 2 aliphatic rings. The molecule has 21 nitrogen and oxygen atoms in total. The number of esters is 1. The molecule has 4 N–H and O–H groups in total. The van der Waals surface area contributed by atoms with E-state index in [2.05, 4.69) is 30.9 Å². The van der Waals surface area contributed by atoms with Crippen LogP contribution in [0.4, 0.5) is 20.2 Å². The highest BCUT2D eigenvalue weighted by Crippen LogP contribution is 2.44. The molecule has 0 spiro atoms. The van der Waals surface area contributed by atoms with Crippen LogP contribution >= 0.6 is 0 Å². The number of rotatable bonds is 14. The van der Waals surface area contributed by atoms with Crippen molar-refractivity contribution < 1.29 is 62.2 Å². The van der Waals surface area contributed by atoms with Crippen molar-refractivity contribution in [3.05, 3.63) is 12.7 Å². The van der Waals surface area contributed by atoms with Crippen LogP contribution in [0.25, 0.3) is 11.2 Å². The summed E-state index contributed by atoms with van der Waals surface area (Å²) in [5.74, 6) is -2.91. The number of aliphatic carboxylic acids is 1. The first kappa shape index (κ1) is 48.8. The molecule has 61 heavy (non-hydrogen) atoms. The highest BCUT2D eigenvalue weighted by molar-refractivity contribution is 5.93. The Morgan fingerprint density at radius 2 is 1.26 bits per heavy atom. The number of aromatic nitrogens is 4. The van der Waals surface area contributed by atoms with Crippen LogP contribution in [0.5, 0.6) is 0 Å². The van der Waals surface area contributed by atoms with Crippen molar-refractivity contribution in [3.8, 4) is 0 Å². The Bertz CT molecular complexity index is 1890. The summed E-state index contributed by atoms with van der Waals surface area (Å²) in [6.45, 7) is 24.2. The number of carboxylic acids is 1. The third-order valence-corrected chi connectivity index (χ3v) is 8.66. The first-order valence-corrected chi connectivity index (χ1v) is 20.2. The molecule has 6 atom stereocenters. The van der Waals surface area contributed by atoms with Gasteiger partial charge < -0.3 is 53.8 Å². The molecule has 2 aromatic heterocycles. The Balaban J connectivity index is 1.65. The van der Waals surface area contributed by atoms with E-state index < -0.39 is 95.0 Å². The first-order valence-electron chi connectivity index (χ1n) is 20.2. The average molecular weight is 865 g/mol. The largest absolute Gasteiger partial charge is 0.480 e. The molecular formula is C40H64N8O13. The minimum atomic E-state index is -1.35. The summed E-state index contributed by atoms with van der Waals surface area (Å²) in [6, 6.07) is -2.52. The maximum atomic E-state index is 13.5. The van der Waals surface area contributed by atoms with E-state index in [9.17, 15) is 29.1 Å². The number of carbonyl (C=O) groups excluding carboxylic acids is 4. The SMILES string of the molecule is CC(C)(C)OC(=O)Nc1ncnc2c1ncn2[C@@H]1O[C@H](CN(CCC(NC(=O)OC(C)(C)C)C(=O)OC(C)(C)C)CC[C@H](NC(=O)OC(C)(C)C)C(=O)O)[C@H]2OC(C)(C)O[C@H]21. The van der Waals surface area contributed by atoms with E-state index in [0.29, 0.717) is 5.65 Å². The monoisotopic (exact) mass is 864 g/mol. The van der Waals surface area contributed by atoms with Gasteiger partial charge in [0.05, 0.1) is 6.33 Å². The van der Waals surface area contributed by atoms with Gasteiger partial charge in [-0.2, -0.15) is 0 Å². The summed E-state index contributed by atoms with van der Waals surface area (Å²) in [6.07, 6.45) is -2.71. The van der Waals surface area contributed by atoms with Gasteiger partial charge in [0.1, 0.15) is 59.1 Å². The van der Waals surface area contributed by atoms with Crippen LogP contribution < -0.4 is 16.0 Å². The normalized spacial score (nSPS) is 21.3. The van der Waals surface area contributed by atoms with Crippen molar-refractivity contribution in [1.82, 2.24) is 35.1 Å². The molecule has 4 heterocycles. The summed E-state index contributed by atoms with van der Waals surface area (Å²) >= 11 is 0. The van der Waals surface area contributed by atoms with E-state index in [4.69, 9.17) is 33.2 Å². The minimum absolute atomic E-state index is 0.00891. The van der Waals surface area contributed by atoms with E-state index in [-0.39, 0.29) is 43.8 Å². The predicted molar refractivity (Wildman–Crippen MR) is 218 cm³/mol. The number of carboxylic acid groups (broad SMARTS) is 1. The lowest BCUT2D eigenvalue weighted by atomic mass is 10.1. The third-order valence-electron chi connectivity index (χ3n) is 8.66. The molecule has 4 rings (SSSR count). The number of fused-ring (bicyclic) bond motifs is 2. The number of ether oxygens (including phenoxy) is 7. The molecule has 342 valence electrons. The van der Waals surface area contributed by atoms with E-state index in [0.717, 1.165) is 0 Å². The lowest BCUT2D eigenvalue weighted by molar-refractivity contribution is -0.198. The van der Waals surface area contributed by atoms with Crippen LogP contribution in [0, 0.1) is 0 Å². The maximum absolute atomic E-state index is 13.5. The van der Waals surface area contributed by atoms with Crippen LogP contribution in [0.2, 0.25) is 0 Å². The predicted octanol–water partition coefficient (Wildman–Crippen LogP) is 4.89. The summed E-state index contributed by atoms with van der Waals surface area (Å²) in [5, 5.41) is 17.8. The van der Waals surface area contributed by atoms with Crippen molar-refractivity contribution in [1.29, 1.82) is 0 Å². The van der Waals surface area contributed by atoms with E-state index in [1.54, 1.807) is 101 Å². The maximum Gasteiger partial charge on any atom is 0.413 e. The van der Waals surface area contributed by atoms with Crippen LogP contribution in [-0.4, -0.2) is 138 Å². The molecule has 0 aromatic carbocycles. The molecule has 1 unspecified atom stereocenters. The molecule has 21 heteroatoms. The average Bonchev–Trinajstić information content (AvgIpc) is 3.72. The second-order valence-electron chi connectivity index (χ2n) is 19.5. The lowest BCUT2D eigenvalue weighted by Gasteiger charge is -2.31. The van der Waals surface area contributed by atoms with Crippen molar-refractivity contribution >= 4 is 47.2 Å². The highest BCUT2D eigenvalue weighted by atomic mass is 16.8. The Hall–Kier alpha value is -4.86. The standard InChI is InChI=1S/C40H64N8O13/c1-36(2,3)58-32(51)23(45-34(53)60-38(7,8)9)16-18-47(17-15-22(31(49)50)44-33(52)59-37(4,5)6)19-24-26-27(57-40(13,14)56-26)30(55-24)48-21-43-25-28(41-20-42-29(25)48)46-35(54)61-39(10,11)12/h20-24,26-27,30H,15-19H2,1-14H3,(H,44,52)(H,45,53)(H,49,50)(H,41,42,46,54)/t22-,23?,24+,26+,27+,30+/m0/s1. The second kappa shape index (κ2) is 18.6. The number of amides is 3. The second-order valence-corrected chi connectivity index (χ2v) is 19.5. The van der Waals surface area contributed by atoms with Gasteiger partial charge in [-0.1, -0.05) is 0 Å². The van der Waals surface area contributed by atoms with Crippen LogP contribution in [0.15, 0.2) is 12.7 Å². The fourth-order valence-corrected chi connectivity index (χ4v) is 6.51. The number of carbonyl (C=O) groups is 5. The van der Waals surface area contributed by atoms with Crippen molar-refractivity contribution in [2.75, 3.05) is 25.0 Å². The van der Waals surface area contributed by atoms with Gasteiger partial charge in [0.25, 0.3) is 0 Å². The molecule has 0 radical (unpaired) electrons. The Morgan fingerprint density at radius 1 is 0.754 bits per heavy atom. The number of nitrogens with one attached hydrogen (secondary N) is 3. The number of alkyl carbamates (subject to hydrolysis) is 2. The molecule has 0 bridgehead atoms. The zero-order valence-corrected chi connectivity index (χ0v) is 37.7. The lowest BCUT2D eigenvalue weighted by Crippen LogP contribution is -2.49. The first-order chi connectivity index (χ1) is 27.9. The van der Waals surface area contributed by atoms with Gasteiger partial charge in [-0.05, 0) is 110 Å². The van der Waals surface area contributed by atoms with Crippen molar-refractivity contribution in [2.45, 2.75) is 175 Å². The molecular weight excluding hydrogens is 800 g/mol. The molecule has 0 aliphatic carbocycles.